The van der Waals surface area contributed by atoms with Crippen LogP contribution in [0.15, 0.2) is 36.7 Å². The van der Waals surface area contributed by atoms with Crippen LogP contribution in [-0.2, 0) is 4.79 Å². The summed E-state index contributed by atoms with van der Waals surface area (Å²) in [6.07, 6.45) is 3.62. The van der Waals surface area contributed by atoms with Crippen LogP contribution in [0.1, 0.15) is 23.2 Å². The van der Waals surface area contributed by atoms with Crippen LogP contribution >= 0.6 is 0 Å². The maximum Gasteiger partial charge on any atom is 0.217 e. The van der Waals surface area contributed by atoms with Gasteiger partial charge in [0.2, 0.25) is 5.91 Å². The number of hydrogen-bond donors (Lipinski definition) is 3. The number of hydrogen-bond acceptors (Lipinski definition) is 3. The highest BCUT2D eigenvalue weighted by molar-refractivity contribution is 6.04. The van der Waals surface area contributed by atoms with Gasteiger partial charge in [-0.05, 0) is 0 Å². The van der Waals surface area contributed by atoms with E-state index >= 15 is 0 Å². The number of H-pyrrole nitrogens is 2. The van der Waals surface area contributed by atoms with Crippen LogP contribution in [0, 0.1) is 0 Å². The van der Waals surface area contributed by atoms with Crippen LogP contribution in [0.25, 0.3) is 22.5 Å². The molecule has 0 atom stereocenters. The topological polar surface area (TPSA) is 105 Å². The molecule has 3 rings (SSSR count). The van der Waals surface area contributed by atoms with Crippen molar-refractivity contribution >= 4 is 11.7 Å². The second-order valence-electron chi connectivity index (χ2n) is 4.79. The molecule has 1 aromatic carbocycles. The lowest BCUT2D eigenvalue weighted by Gasteiger charge is -2.07. The first kappa shape index (κ1) is 13.1. The summed E-state index contributed by atoms with van der Waals surface area (Å²) >= 11 is 0. The fourth-order valence-electron chi connectivity index (χ4n) is 2.35. The van der Waals surface area contributed by atoms with Crippen LogP contribution in [0.3, 0.4) is 0 Å². The molecule has 2 aliphatic rings. The van der Waals surface area contributed by atoms with Crippen LogP contribution < -0.4 is 5.73 Å². The average molecular weight is 282 g/mol. The van der Waals surface area contributed by atoms with Crippen LogP contribution in [0.4, 0.5) is 0 Å². The van der Waals surface area contributed by atoms with E-state index in [9.17, 15) is 9.59 Å². The molecule has 4 N–H and O–H groups in total. The number of ketones is 1. The van der Waals surface area contributed by atoms with Gasteiger partial charge in [0.05, 0.1) is 17.6 Å². The van der Waals surface area contributed by atoms with Gasteiger partial charge < -0.3 is 5.73 Å². The highest BCUT2D eigenvalue weighted by Gasteiger charge is 2.19. The Morgan fingerprint density at radius 2 is 1.86 bits per heavy atom. The zero-order chi connectivity index (χ0) is 14.8. The first-order valence-corrected chi connectivity index (χ1v) is 6.58. The Morgan fingerprint density at radius 1 is 1.05 bits per heavy atom. The predicted molar refractivity (Wildman–Crippen MR) is 77.8 cm³/mol. The molecule has 0 fully saturated rings. The lowest BCUT2D eigenvalue weighted by molar-refractivity contribution is -0.118. The predicted octanol–water partition coefficient (Wildman–Crippen LogP) is 1.96. The number of rotatable bonds is 5. The van der Waals surface area contributed by atoms with Crippen molar-refractivity contribution in [2.24, 2.45) is 5.73 Å². The van der Waals surface area contributed by atoms with Gasteiger partial charge in [0.15, 0.2) is 5.78 Å². The number of benzene rings is 1. The minimum Gasteiger partial charge on any atom is -0.370 e. The molecule has 1 aromatic rings. The SMILES string of the molecule is NC(=O)CCC(=O)c1ccccc1-c1[nH][nH]c2cncc1-2. The van der Waals surface area contributed by atoms with Crippen LogP contribution in [-0.4, -0.2) is 26.9 Å². The summed E-state index contributed by atoms with van der Waals surface area (Å²) in [5, 5.41) is 6.07. The number of nitrogens with zero attached hydrogens (tertiary/aromatic N) is 1. The summed E-state index contributed by atoms with van der Waals surface area (Å²) in [5.41, 5.74) is 9.06. The van der Waals surface area contributed by atoms with E-state index in [1.807, 2.05) is 12.1 Å². The van der Waals surface area contributed by atoms with Crippen molar-refractivity contribution in [3.8, 4) is 22.5 Å². The summed E-state index contributed by atoms with van der Waals surface area (Å²) in [6, 6.07) is 7.28. The van der Waals surface area contributed by atoms with E-state index < -0.39 is 5.91 Å². The second-order valence-corrected chi connectivity index (χ2v) is 4.79. The number of carbonyl (C=O) groups is 2. The van der Waals surface area contributed by atoms with Gasteiger partial charge in [0.25, 0.3) is 0 Å². The molecular formula is C15H14N4O2. The summed E-state index contributed by atoms with van der Waals surface area (Å²) in [5.74, 6) is -0.580. The number of nitrogens with two attached hydrogens (primary N) is 1. The minimum absolute atomic E-state index is 0.0529. The second kappa shape index (κ2) is 5.24. The molecule has 0 radical (unpaired) electrons. The van der Waals surface area contributed by atoms with Crippen molar-refractivity contribution in [3.05, 3.63) is 42.2 Å². The first-order chi connectivity index (χ1) is 10.2. The monoisotopic (exact) mass is 282 g/mol. The van der Waals surface area contributed by atoms with Crippen molar-refractivity contribution in [1.29, 1.82) is 0 Å². The Balaban J connectivity index is 1.99. The zero-order valence-corrected chi connectivity index (χ0v) is 11.2. The maximum atomic E-state index is 12.3. The number of aromatic amines is 2. The van der Waals surface area contributed by atoms with Crippen molar-refractivity contribution in [2.75, 3.05) is 0 Å². The number of nitrogens with one attached hydrogen (secondary N) is 2. The van der Waals surface area contributed by atoms with Gasteiger partial charge in [-0.25, -0.2) is 0 Å². The summed E-state index contributed by atoms with van der Waals surface area (Å²) in [6.45, 7) is 0. The molecule has 106 valence electrons. The molecule has 1 amide bonds. The number of fused-ring (bicyclic) bond motifs is 1. The van der Waals surface area contributed by atoms with E-state index in [4.69, 9.17) is 5.73 Å². The lowest BCUT2D eigenvalue weighted by atomic mass is 9.96. The van der Waals surface area contributed by atoms with E-state index in [1.54, 1.807) is 24.5 Å². The fraction of sp³-hybridized carbons (Fsp3) is 0.133. The van der Waals surface area contributed by atoms with Crippen molar-refractivity contribution in [1.82, 2.24) is 15.2 Å². The Kier molecular flexibility index (Phi) is 3.27. The quantitative estimate of drug-likeness (QED) is 0.623. The molecule has 21 heavy (non-hydrogen) atoms. The van der Waals surface area contributed by atoms with Gasteiger partial charge in [-0.2, -0.15) is 0 Å². The van der Waals surface area contributed by atoms with E-state index in [0.29, 0.717) is 5.56 Å². The van der Waals surface area contributed by atoms with Gasteiger partial charge >= 0.3 is 0 Å². The Bertz CT molecular complexity index is 772. The fourth-order valence-corrected chi connectivity index (χ4v) is 2.35. The molecule has 2 heterocycles. The summed E-state index contributed by atoms with van der Waals surface area (Å²) < 4.78 is 0. The lowest BCUT2D eigenvalue weighted by Crippen LogP contribution is -2.13. The molecule has 6 heteroatoms. The van der Waals surface area contributed by atoms with Gasteiger partial charge in [0.1, 0.15) is 0 Å². The van der Waals surface area contributed by atoms with Crippen molar-refractivity contribution < 1.29 is 9.59 Å². The van der Waals surface area contributed by atoms with Crippen LogP contribution in [0.2, 0.25) is 0 Å². The number of amides is 1. The zero-order valence-electron chi connectivity index (χ0n) is 11.2. The Morgan fingerprint density at radius 3 is 2.67 bits per heavy atom. The largest absolute Gasteiger partial charge is 0.370 e. The molecule has 0 aliphatic carbocycles. The third-order valence-electron chi connectivity index (χ3n) is 3.38. The first-order valence-electron chi connectivity index (χ1n) is 6.58. The third kappa shape index (κ3) is 2.43. The van der Waals surface area contributed by atoms with E-state index in [0.717, 1.165) is 22.5 Å². The van der Waals surface area contributed by atoms with E-state index in [2.05, 4.69) is 15.2 Å². The molecule has 0 saturated carbocycles. The molecule has 0 spiro atoms. The number of aromatic nitrogens is 3. The molecule has 0 saturated heterocycles. The smallest absolute Gasteiger partial charge is 0.217 e. The normalized spacial score (nSPS) is 10.9. The van der Waals surface area contributed by atoms with Crippen LogP contribution in [0.5, 0.6) is 0 Å². The molecule has 6 nitrogen and oxygen atoms in total. The Labute approximate surface area is 120 Å². The number of carbonyl (C=O) groups excluding carboxylic acids is 2. The summed E-state index contributed by atoms with van der Waals surface area (Å²) in [4.78, 5) is 27.2. The van der Waals surface area contributed by atoms with E-state index in [-0.39, 0.29) is 18.6 Å². The molecule has 0 aromatic heterocycles. The molecule has 0 unspecified atom stereocenters. The standard InChI is InChI=1S/C15H14N4O2/c16-14(21)6-5-13(20)9-3-1-2-4-10(9)15-11-7-17-8-12(11)18-19-15/h1-4,7-8,18-19H,5-6H2,(H2,16,21). The summed E-state index contributed by atoms with van der Waals surface area (Å²) in [7, 11) is 0. The number of primary amides is 1. The Hall–Kier alpha value is -2.89. The van der Waals surface area contributed by atoms with Gasteiger partial charge in [-0.3, -0.25) is 24.8 Å². The third-order valence-corrected chi connectivity index (χ3v) is 3.38. The van der Waals surface area contributed by atoms with Gasteiger partial charge in [-0.1, -0.05) is 24.3 Å². The highest BCUT2D eigenvalue weighted by atomic mass is 16.1. The maximum absolute atomic E-state index is 12.3. The molecule has 0 bridgehead atoms. The van der Waals surface area contributed by atoms with Crippen molar-refractivity contribution in [3.63, 3.8) is 0 Å². The highest BCUT2D eigenvalue weighted by Crippen LogP contribution is 2.33. The number of Topliss-reactive ketones (excluding diaryl/α,β-unsaturated/α-hetero) is 1. The van der Waals surface area contributed by atoms with Gasteiger partial charge in [-0.15, -0.1) is 0 Å². The van der Waals surface area contributed by atoms with E-state index in [1.165, 1.54) is 0 Å². The van der Waals surface area contributed by atoms with Gasteiger partial charge in [0, 0.05) is 35.7 Å². The average Bonchev–Trinajstić information content (AvgIpc) is 3.07. The minimum atomic E-state index is -0.475. The molecular weight excluding hydrogens is 268 g/mol. The molecule has 2 aliphatic heterocycles. The van der Waals surface area contributed by atoms with Crippen molar-refractivity contribution in [2.45, 2.75) is 12.8 Å².